The summed E-state index contributed by atoms with van der Waals surface area (Å²) in [5, 5.41) is 6.67. The molecule has 0 saturated carbocycles. The lowest BCUT2D eigenvalue weighted by Crippen LogP contribution is -2.32. The van der Waals surface area contributed by atoms with Crippen molar-refractivity contribution in [1.29, 1.82) is 0 Å². The molecular formula is C26H31N3O. The van der Waals surface area contributed by atoms with E-state index in [0.717, 1.165) is 25.2 Å². The van der Waals surface area contributed by atoms with Crippen molar-refractivity contribution in [3.8, 4) is 0 Å². The van der Waals surface area contributed by atoms with Gasteiger partial charge in [-0.1, -0.05) is 42.5 Å². The summed E-state index contributed by atoms with van der Waals surface area (Å²) in [6.07, 6.45) is 7.35. The van der Waals surface area contributed by atoms with Crippen LogP contribution in [0.3, 0.4) is 0 Å². The molecule has 2 aromatic carbocycles. The van der Waals surface area contributed by atoms with Crippen molar-refractivity contribution in [2.75, 3.05) is 29.9 Å². The molecule has 2 aliphatic rings. The maximum absolute atomic E-state index is 12.8. The predicted molar refractivity (Wildman–Crippen MR) is 125 cm³/mol. The highest BCUT2D eigenvalue weighted by Crippen LogP contribution is 2.50. The first-order valence-corrected chi connectivity index (χ1v) is 11.0. The third kappa shape index (κ3) is 3.62. The Morgan fingerprint density at radius 1 is 1.20 bits per heavy atom. The first-order chi connectivity index (χ1) is 14.7. The Bertz CT molecular complexity index is 943. The van der Waals surface area contributed by atoms with Gasteiger partial charge in [-0.3, -0.25) is 4.79 Å². The Kier molecular flexibility index (Phi) is 5.93. The van der Waals surface area contributed by atoms with Gasteiger partial charge in [0.2, 0.25) is 0 Å². The van der Waals surface area contributed by atoms with Gasteiger partial charge in [-0.15, -0.1) is 6.58 Å². The average molecular weight is 402 g/mol. The maximum atomic E-state index is 12.8. The molecule has 2 N–H and O–H groups in total. The molecule has 156 valence electrons. The summed E-state index contributed by atoms with van der Waals surface area (Å²) in [5.41, 5.74) is 5.42. The van der Waals surface area contributed by atoms with Crippen LogP contribution in [0.2, 0.25) is 0 Å². The van der Waals surface area contributed by atoms with Crippen LogP contribution in [0.4, 0.5) is 11.4 Å². The Morgan fingerprint density at radius 3 is 2.67 bits per heavy atom. The Morgan fingerprint density at radius 2 is 1.97 bits per heavy atom. The summed E-state index contributed by atoms with van der Waals surface area (Å²) in [4.78, 5) is 15.1. The molecule has 0 radical (unpaired) electrons. The molecule has 1 aliphatic heterocycles. The van der Waals surface area contributed by atoms with Gasteiger partial charge in [-0.05, 0) is 55.5 Å². The summed E-state index contributed by atoms with van der Waals surface area (Å²) < 4.78 is 0. The molecule has 0 bridgehead atoms. The molecule has 4 nitrogen and oxygen atoms in total. The summed E-state index contributed by atoms with van der Waals surface area (Å²) >= 11 is 0. The van der Waals surface area contributed by atoms with Gasteiger partial charge in [0.05, 0.1) is 17.3 Å². The molecule has 1 heterocycles. The third-order valence-corrected chi connectivity index (χ3v) is 6.43. The van der Waals surface area contributed by atoms with Gasteiger partial charge in [-0.25, -0.2) is 0 Å². The number of hydrogen-bond acceptors (Lipinski definition) is 3. The number of amides is 1. The van der Waals surface area contributed by atoms with Crippen molar-refractivity contribution in [3.05, 3.63) is 84.0 Å². The van der Waals surface area contributed by atoms with E-state index < -0.39 is 0 Å². The van der Waals surface area contributed by atoms with E-state index in [4.69, 9.17) is 0 Å². The van der Waals surface area contributed by atoms with Crippen molar-refractivity contribution in [2.24, 2.45) is 5.92 Å². The number of rotatable bonds is 7. The van der Waals surface area contributed by atoms with E-state index in [1.54, 1.807) is 6.08 Å². The number of allylic oxidation sites excluding steroid dienone is 2. The fourth-order valence-electron chi connectivity index (χ4n) is 4.88. The number of benzene rings is 2. The lowest BCUT2D eigenvalue weighted by Gasteiger charge is -2.38. The minimum Gasteiger partial charge on any atom is -0.377 e. The molecule has 1 aliphatic carbocycles. The van der Waals surface area contributed by atoms with Gasteiger partial charge >= 0.3 is 0 Å². The molecular weight excluding hydrogens is 370 g/mol. The average Bonchev–Trinajstić information content (AvgIpc) is 3.28. The molecule has 0 aromatic heterocycles. The van der Waals surface area contributed by atoms with Gasteiger partial charge in [-0.2, -0.15) is 0 Å². The minimum atomic E-state index is -0.0599. The largest absolute Gasteiger partial charge is 0.377 e. The number of fused-ring (bicyclic) bond motifs is 3. The van der Waals surface area contributed by atoms with Gasteiger partial charge in [0, 0.05) is 31.2 Å². The normalized spacial score (nSPS) is 21.3. The van der Waals surface area contributed by atoms with Crippen LogP contribution in [-0.4, -0.2) is 25.5 Å². The van der Waals surface area contributed by atoms with Crippen molar-refractivity contribution in [3.63, 3.8) is 0 Å². The van der Waals surface area contributed by atoms with Crippen LogP contribution in [0.1, 0.15) is 53.7 Å². The smallest absolute Gasteiger partial charge is 0.253 e. The van der Waals surface area contributed by atoms with Gasteiger partial charge < -0.3 is 15.5 Å². The molecule has 0 spiro atoms. The molecule has 4 rings (SSSR count). The van der Waals surface area contributed by atoms with E-state index in [2.05, 4.69) is 78.4 Å². The Balaban J connectivity index is 1.68. The van der Waals surface area contributed by atoms with Crippen LogP contribution >= 0.6 is 0 Å². The monoisotopic (exact) mass is 401 g/mol. The quantitative estimate of drug-likeness (QED) is 0.621. The first-order valence-electron chi connectivity index (χ1n) is 11.0. The zero-order chi connectivity index (χ0) is 21.1. The molecule has 1 amide bonds. The zero-order valence-electron chi connectivity index (χ0n) is 17.9. The molecule has 2 aromatic rings. The van der Waals surface area contributed by atoms with E-state index >= 15 is 0 Å². The molecule has 30 heavy (non-hydrogen) atoms. The number of nitrogens with one attached hydrogen (secondary N) is 2. The molecule has 0 saturated heterocycles. The lowest BCUT2D eigenvalue weighted by atomic mass is 9.76. The number of anilines is 2. The molecule has 3 atom stereocenters. The number of para-hydroxylation sites is 1. The summed E-state index contributed by atoms with van der Waals surface area (Å²) in [6.45, 7) is 10.5. The molecule has 0 fully saturated rings. The van der Waals surface area contributed by atoms with Gasteiger partial charge in [0.1, 0.15) is 0 Å². The van der Waals surface area contributed by atoms with Crippen LogP contribution in [0, 0.1) is 5.92 Å². The number of carbonyl (C=O) groups is 1. The number of hydrogen-bond donors (Lipinski definition) is 2. The van der Waals surface area contributed by atoms with Crippen LogP contribution in [-0.2, 0) is 0 Å². The SMILES string of the molecule is C=CCNC(=O)c1cccc2c1NC(c1ccc(N(CC)CC)cc1)C1CC=CC21. The van der Waals surface area contributed by atoms with Crippen molar-refractivity contribution >= 4 is 17.3 Å². The lowest BCUT2D eigenvalue weighted by molar-refractivity contribution is 0.0958. The third-order valence-electron chi connectivity index (χ3n) is 6.43. The van der Waals surface area contributed by atoms with Crippen molar-refractivity contribution < 1.29 is 4.79 Å². The van der Waals surface area contributed by atoms with Crippen LogP contribution in [0.25, 0.3) is 0 Å². The fourth-order valence-corrected chi connectivity index (χ4v) is 4.88. The Labute approximate surface area is 179 Å². The zero-order valence-corrected chi connectivity index (χ0v) is 17.9. The Hall–Kier alpha value is -3.01. The summed E-state index contributed by atoms with van der Waals surface area (Å²) in [5.74, 6) is 0.736. The van der Waals surface area contributed by atoms with Crippen LogP contribution in [0.5, 0.6) is 0 Å². The highest BCUT2D eigenvalue weighted by Gasteiger charge is 2.39. The van der Waals surface area contributed by atoms with Crippen LogP contribution < -0.4 is 15.5 Å². The second-order valence-corrected chi connectivity index (χ2v) is 8.01. The predicted octanol–water partition coefficient (Wildman–Crippen LogP) is 5.28. The second-order valence-electron chi connectivity index (χ2n) is 8.01. The molecule has 4 heteroatoms. The first kappa shape index (κ1) is 20.3. The van der Waals surface area contributed by atoms with Crippen LogP contribution in [0.15, 0.2) is 67.3 Å². The highest BCUT2D eigenvalue weighted by atomic mass is 16.1. The topological polar surface area (TPSA) is 44.4 Å². The summed E-state index contributed by atoms with van der Waals surface area (Å²) in [7, 11) is 0. The highest BCUT2D eigenvalue weighted by molar-refractivity contribution is 6.00. The fraction of sp³-hybridized carbons (Fsp3) is 0.346. The van der Waals surface area contributed by atoms with Gasteiger partial charge in [0.25, 0.3) is 5.91 Å². The number of nitrogens with zero attached hydrogens (tertiary/aromatic N) is 1. The van der Waals surface area contributed by atoms with Crippen molar-refractivity contribution in [2.45, 2.75) is 32.2 Å². The minimum absolute atomic E-state index is 0.0599. The molecule has 3 unspecified atom stereocenters. The summed E-state index contributed by atoms with van der Waals surface area (Å²) in [6, 6.07) is 15.2. The van der Waals surface area contributed by atoms with E-state index in [0.29, 0.717) is 23.9 Å². The number of carbonyl (C=O) groups excluding carboxylic acids is 1. The van der Waals surface area contributed by atoms with E-state index in [-0.39, 0.29) is 11.9 Å². The van der Waals surface area contributed by atoms with E-state index in [1.807, 2.05) is 12.1 Å². The van der Waals surface area contributed by atoms with Crippen molar-refractivity contribution in [1.82, 2.24) is 5.32 Å². The van der Waals surface area contributed by atoms with E-state index in [9.17, 15) is 4.79 Å². The second kappa shape index (κ2) is 8.78. The standard InChI is InChI=1S/C26H31N3O/c1-4-17-27-26(30)23-12-8-11-22-20-9-7-10-21(20)24(28-25(22)23)18-13-15-19(16-14-18)29(5-2)6-3/h4,7-9,11-16,20-21,24,28H,1,5-6,10,17H2,2-3H3,(H,27,30). The van der Waals surface area contributed by atoms with E-state index in [1.165, 1.54) is 16.8 Å². The van der Waals surface area contributed by atoms with Gasteiger partial charge in [0.15, 0.2) is 0 Å². The maximum Gasteiger partial charge on any atom is 0.253 e.